The molecule has 2 amide bonds. The van der Waals surface area contributed by atoms with Gasteiger partial charge in [0.1, 0.15) is 0 Å². The predicted octanol–water partition coefficient (Wildman–Crippen LogP) is 2.91. The fourth-order valence-corrected chi connectivity index (χ4v) is 4.52. The van der Waals surface area contributed by atoms with E-state index in [0.29, 0.717) is 34.0 Å². The number of anilines is 1. The number of nitrogens with one attached hydrogen (secondary N) is 2. The number of hydrogen-bond acceptors (Lipinski definition) is 8. The molecule has 2 heterocycles. The zero-order valence-corrected chi connectivity index (χ0v) is 19.7. The van der Waals surface area contributed by atoms with Gasteiger partial charge in [0.25, 0.3) is 5.91 Å². The third-order valence-corrected chi connectivity index (χ3v) is 6.33. The normalized spacial score (nSPS) is 16.3. The van der Waals surface area contributed by atoms with Gasteiger partial charge in [0.15, 0.2) is 16.6 Å². The second kappa shape index (κ2) is 11.1. The molecule has 1 unspecified atom stereocenters. The van der Waals surface area contributed by atoms with E-state index in [9.17, 15) is 9.59 Å². The number of hydrogen-bond donors (Lipinski definition) is 2. The number of likely N-dealkylation sites (tertiary alicyclic amines) is 1. The Kier molecular flexibility index (Phi) is 8.29. The second-order valence-electron chi connectivity index (χ2n) is 7.59. The summed E-state index contributed by atoms with van der Waals surface area (Å²) >= 11 is 1.46. The standard InChI is InChI=1S/C22H30N4O5S/c1-14-7-5-6-8-26(14)13-16-11-24-22(32-16)25-19(27)12-23-21(28)15-9-17(29-2)20(31-4)18(10-15)30-3/h9-11,14H,5-8,12-13H2,1-4H3,(H,23,28)(H,24,25,27). The van der Waals surface area contributed by atoms with Gasteiger partial charge in [0.2, 0.25) is 11.7 Å². The average molecular weight is 463 g/mol. The van der Waals surface area contributed by atoms with Crippen molar-refractivity contribution in [1.82, 2.24) is 15.2 Å². The molecule has 32 heavy (non-hydrogen) atoms. The van der Waals surface area contributed by atoms with Crippen molar-refractivity contribution in [3.63, 3.8) is 0 Å². The molecular formula is C22H30N4O5S. The number of methoxy groups -OCH3 is 3. The molecule has 174 valence electrons. The maximum absolute atomic E-state index is 12.5. The first-order valence-electron chi connectivity index (χ1n) is 10.5. The number of ether oxygens (including phenoxy) is 3. The van der Waals surface area contributed by atoms with E-state index in [1.54, 1.807) is 6.20 Å². The molecule has 1 aliphatic heterocycles. The molecule has 0 saturated carbocycles. The van der Waals surface area contributed by atoms with Gasteiger partial charge in [0, 0.05) is 29.2 Å². The highest BCUT2D eigenvalue weighted by atomic mass is 32.1. The van der Waals surface area contributed by atoms with Crippen LogP contribution in [0.15, 0.2) is 18.3 Å². The molecule has 1 fully saturated rings. The van der Waals surface area contributed by atoms with Gasteiger partial charge in [-0.15, -0.1) is 11.3 Å². The van der Waals surface area contributed by atoms with E-state index in [0.717, 1.165) is 18.0 Å². The van der Waals surface area contributed by atoms with Crippen LogP contribution in [-0.4, -0.2) is 62.2 Å². The molecule has 0 spiro atoms. The molecule has 10 heteroatoms. The van der Waals surface area contributed by atoms with Gasteiger partial charge in [-0.2, -0.15) is 0 Å². The van der Waals surface area contributed by atoms with Crippen molar-refractivity contribution < 1.29 is 23.8 Å². The van der Waals surface area contributed by atoms with Crippen molar-refractivity contribution >= 4 is 28.3 Å². The molecule has 3 rings (SSSR count). The minimum Gasteiger partial charge on any atom is -0.493 e. The Balaban J connectivity index is 1.54. The largest absolute Gasteiger partial charge is 0.493 e. The number of thiazole rings is 1. The predicted molar refractivity (Wildman–Crippen MR) is 123 cm³/mol. The Morgan fingerprint density at radius 2 is 1.88 bits per heavy atom. The van der Waals surface area contributed by atoms with E-state index >= 15 is 0 Å². The fourth-order valence-electron chi connectivity index (χ4n) is 3.67. The Labute approximate surface area is 192 Å². The van der Waals surface area contributed by atoms with Crippen molar-refractivity contribution in [3.8, 4) is 17.2 Å². The SMILES string of the molecule is COc1cc(C(=O)NCC(=O)Nc2ncc(CN3CCCCC3C)s2)cc(OC)c1OC. The third kappa shape index (κ3) is 5.89. The average Bonchev–Trinajstić information content (AvgIpc) is 3.24. The van der Waals surface area contributed by atoms with Crippen LogP contribution < -0.4 is 24.8 Å². The highest BCUT2D eigenvalue weighted by Crippen LogP contribution is 2.38. The molecule has 0 aliphatic carbocycles. The number of rotatable bonds is 9. The number of carbonyl (C=O) groups excluding carboxylic acids is 2. The molecule has 0 radical (unpaired) electrons. The number of amides is 2. The van der Waals surface area contributed by atoms with Crippen LogP contribution in [-0.2, 0) is 11.3 Å². The van der Waals surface area contributed by atoms with Gasteiger partial charge in [-0.05, 0) is 38.4 Å². The van der Waals surface area contributed by atoms with Gasteiger partial charge >= 0.3 is 0 Å². The molecule has 1 atom stereocenters. The van der Waals surface area contributed by atoms with Gasteiger partial charge in [-0.1, -0.05) is 6.42 Å². The van der Waals surface area contributed by atoms with Crippen LogP contribution in [0.2, 0.25) is 0 Å². The van der Waals surface area contributed by atoms with Crippen LogP contribution in [0.1, 0.15) is 41.4 Å². The van der Waals surface area contributed by atoms with Gasteiger partial charge in [-0.25, -0.2) is 4.98 Å². The van der Waals surface area contributed by atoms with E-state index < -0.39 is 5.91 Å². The molecular weight excluding hydrogens is 432 g/mol. The maximum atomic E-state index is 12.5. The summed E-state index contributed by atoms with van der Waals surface area (Å²) in [6, 6.07) is 3.63. The number of carbonyl (C=O) groups is 2. The van der Waals surface area contributed by atoms with Gasteiger partial charge in [0.05, 0.1) is 27.9 Å². The summed E-state index contributed by atoms with van der Waals surface area (Å²) in [7, 11) is 4.43. The summed E-state index contributed by atoms with van der Waals surface area (Å²) < 4.78 is 15.8. The van der Waals surface area contributed by atoms with E-state index in [1.165, 1.54) is 64.1 Å². The van der Waals surface area contributed by atoms with E-state index in [1.807, 2.05) is 0 Å². The summed E-state index contributed by atoms with van der Waals surface area (Å²) in [5, 5.41) is 5.87. The zero-order chi connectivity index (χ0) is 23.1. The van der Waals surface area contributed by atoms with Crippen molar-refractivity contribution in [2.45, 2.75) is 38.8 Å². The fraction of sp³-hybridized carbons (Fsp3) is 0.500. The summed E-state index contributed by atoms with van der Waals surface area (Å²) in [6.07, 6.45) is 5.52. The monoisotopic (exact) mass is 462 g/mol. The van der Waals surface area contributed by atoms with E-state index in [2.05, 4.69) is 27.4 Å². The maximum Gasteiger partial charge on any atom is 0.251 e. The highest BCUT2D eigenvalue weighted by molar-refractivity contribution is 7.15. The van der Waals surface area contributed by atoms with Crippen LogP contribution in [0, 0.1) is 0 Å². The molecule has 1 aromatic carbocycles. The number of benzene rings is 1. The third-order valence-electron chi connectivity index (χ3n) is 5.44. The van der Waals surface area contributed by atoms with E-state index in [4.69, 9.17) is 14.2 Å². The number of aromatic nitrogens is 1. The molecule has 0 bridgehead atoms. The summed E-state index contributed by atoms with van der Waals surface area (Å²) in [5.74, 6) is 0.332. The molecule has 2 N–H and O–H groups in total. The number of piperidine rings is 1. The van der Waals surface area contributed by atoms with E-state index in [-0.39, 0.29) is 12.5 Å². The Morgan fingerprint density at radius 3 is 2.50 bits per heavy atom. The minimum absolute atomic E-state index is 0.187. The molecule has 1 aromatic heterocycles. The van der Waals surface area contributed by atoms with Crippen molar-refractivity contribution in [2.24, 2.45) is 0 Å². The second-order valence-corrected chi connectivity index (χ2v) is 8.71. The van der Waals surface area contributed by atoms with Crippen LogP contribution in [0.3, 0.4) is 0 Å². The van der Waals surface area contributed by atoms with Crippen LogP contribution in [0.5, 0.6) is 17.2 Å². The zero-order valence-electron chi connectivity index (χ0n) is 18.9. The first kappa shape index (κ1) is 23.8. The lowest BCUT2D eigenvalue weighted by atomic mass is 10.0. The van der Waals surface area contributed by atoms with Crippen molar-refractivity contribution in [3.05, 3.63) is 28.8 Å². The Bertz CT molecular complexity index is 923. The highest BCUT2D eigenvalue weighted by Gasteiger charge is 2.20. The summed E-state index contributed by atoms with van der Waals surface area (Å²) in [6.45, 7) is 3.99. The number of nitrogens with zero attached hydrogens (tertiary/aromatic N) is 2. The van der Waals surface area contributed by atoms with Crippen molar-refractivity contribution in [1.29, 1.82) is 0 Å². The topological polar surface area (TPSA) is 102 Å². The lowest BCUT2D eigenvalue weighted by Gasteiger charge is -2.32. The molecule has 9 nitrogen and oxygen atoms in total. The minimum atomic E-state index is -0.432. The first-order chi connectivity index (χ1) is 15.4. The quantitative estimate of drug-likeness (QED) is 0.591. The molecule has 2 aromatic rings. The van der Waals surface area contributed by atoms with Crippen LogP contribution in [0.4, 0.5) is 5.13 Å². The molecule has 1 saturated heterocycles. The lowest BCUT2D eigenvalue weighted by Crippen LogP contribution is -2.36. The van der Waals surface area contributed by atoms with Crippen LogP contribution in [0.25, 0.3) is 0 Å². The summed E-state index contributed by atoms with van der Waals surface area (Å²) in [5.41, 5.74) is 0.291. The van der Waals surface area contributed by atoms with Crippen molar-refractivity contribution in [2.75, 3.05) is 39.7 Å². The lowest BCUT2D eigenvalue weighted by molar-refractivity contribution is -0.115. The first-order valence-corrected chi connectivity index (χ1v) is 11.3. The Morgan fingerprint density at radius 1 is 1.16 bits per heavy atom. The smallest absolute Gasteiger partial charge is 0.251 e. The summed E-state index contributed by atoms with van der Waals surface area (Å²) in [4.78, 5) is 32.7. The van der Waals surface area contributed by atoms with Gasteiger partial charge in [-0.3, -0.25) is 14.5 Å². The molecule has 1 aliphatic rings. The van der Waals surface area contributed by atoms with Crippen LogP contribution >= 0.6 is 11.3 Å². The Hall–Kier alpha value is -2.85. The van der Waals surface area contributed by atoms with Gasteiger partial charge < -0.3 is 24.8 Å².